The van der Waals surface area contributed by atoms with Crippen molar-refractivity contribution in [3.05, 3.63) is 35.9 Å². The molecule has 0 bridgehead atoms. The van der Waals surface area contributed by atoms with Gasteiger partial charge in [0.15, 0.2) is 0 Å². The molecule has 1 saturated heterocycles. The van der Waals surface area contributed by atoms with Gasteiger partial charge in [0.05, 0.1) is 6.04 Å². The van der Waals surface area contributed by atoms with Gasteiger partial charge in [-0.05, 0) is 22.3 Å². The Morgan fingerprint density at radius 2 is 1.88 bits per heavy atom. The molecule has 2 aliphatic rings. The third kappa shape index (κ3) is 3.25. The molecule has 142 valence electrons. The Balaban J connectivity index is 1.74. The van der Waals surface area contributed by atoms with E-state index in [0.29, 0.717) is 12.5 Å². The largest absolute Gasteiger partial charge is 0.459 e. The van der Waals surface area contributed by atoms with Crippen molar-refractivity contribution in [1.82, 2.24) is 4.90 Å². The number of amides is 1. The monoisotopic (exact) mass is 358 g/mol. The van der Waals surface area contributed by atoms with Gasteiger partial charge in [0.25, 0.3) is 0 Å². The number of fused-ring (bicyclic) bond motifs is 1. The summed E-state index contributed by atoms with van der Waals surface area (Å²) in [5, 5.41) is 0. The number of piperidine rings is 1. The lowest BCUT2D eigenvalue weighted by molar-refractivity contribution is -0.157. The first kappa shape index (κ1) is 18.9. The van der Waals surface area contributed by atoms with E-state index in [0.717, 1.165) is 5.56 Å². The number of nitrogens with zero attached hydrogens (tertiary/aromatic N) is 1. The van der Waals surface area contributed by atoms with Crippen LogP contribution in [-0.4, -0.2) is 35.4 Å². The summed E-state index contributed by atoms with van der Waals surface area (Å²) in [6, 6.07) is 8.43. The van der Waals surface area contributed by atoms with E-state index in [4.69, 9.17) is 10.5 Å². The number of rotatable bonds is 4. The highest BCUT2D eigenvalue weighted by Gasteiger charge is 2.70. The van der Waals surface area contributed by atoms with Crippen molar-refractivity contribution in [3.63, 3.8) is 0 Å². The van der Waals surface area contributed by atoms with Crippen molar-refractivity contribution in [2.75, 3.05) is 6.54 Å². The van der Waals surface area contributed by atoms with Gasteiger partial charge < -0.3 is 15.4 Å². The van der Waals surface area contributed by atoms with Gasteiger partial charge in [0.1, 0.15) is 12.6 Å². The smallest absolute Gasteiger partial charge is 0.329 e. The summed E-state index contributed by atoms with van der Waals surface area (Å²) in [5.74, 6) is 0.0262. The van der Waals surface area contributed by atoms with Crippen LogP contribution in [0.15, 0.2) is 30.3 Å². The van der Waals surface area contributed by atoms with Crippen LogP contribution < -0.4 is 5.73 Å². The number of likely N-dealkylation sites (tertiary alicyclic amines) is 1. The molecule has 0 radical (unpaired) electrons. The van der Waals surface area contributed by atoms with Crippen LogP contribution in [0.25, 0.3) is 0 Å². The number of benzene rings is 1. The van der Waals surface area contributed by atoms with Gasteiger partial charge in [-0.25, -0.2) is 4.79 Å². The normalized spacial score (nSPS) is 27.6. The minimum Gasteiger partial charge on any atom is -0.459 e. The molecule has 0 spiro atoms. The van der Waals surface area contributed by atoms with Crippen LogP contribution in [0.1, 0.15) is 40.2 Å². The molecule has 1 aliphatic carbocycles. The van der Waals surface area contributed by atoms with E-state index in [9.17, 15) is 9.59 Å². The highest BCUT2D eigenvalue weighted by atomic mass is 16.5. The van der Waals surface area contributed by atoms with E-state index in [2.05, 4.69) is 13.8 Å². The molecule has 2 N–H and O–H groups in total. The average molecular weight is 358 g/mol. The third-order valence-corrected chi connectivity index (χ3v) is 6.16. The SMILES string of the molecule is CC(C)(C)[C@H](N)C(=O)N1C[C@H]2[C@@H]([C@H]1C(=O)OCc1ccccc1)C2(C)C. The zero-order valence-corrected chi connectivity index (χ0v) is 16.4. The molecule has 1 heterocycles. The second kappa shape index (κ2) is 6.38. The first-order chi connectivity index (χ1) is 12.0. The molecule has 2 fully saturated rings. The second-order valence-corrected chi connectivity index (χ2v) is 9.33. The van der Waals surface area contributed by atoms with Crippen molar-refractivity contribution in [2.45, 2.75) is 53.3 Å². The Labute approximate surface area is 155 Å². The Morgan fingerprint density at radius 1 is 1.27 bits per heavy atom. The van der Waals surface area contributed by atoms with E-state index >= 15 is 0 Å². The summed E-state index contributed by atoms with van der Waals surface area (Å²) in [5.41, 5.74) is 6.84. The highest BCUT2D eigenvalue weighted by Crippen LogP contribution is 2.65. The zero-order chi connectivity index (χ0) is 19.3. The van der Waals surface area contributed by atoms with E-state index in [-0.39, 0.29) is 35.2 Å². The standard InChI is InChI=1S/C21H30N2O3/c1-20(2,3)17(22)18(24)23-11-14-15(21(14,4)5)16(23)19(25)26-12-13-9-7-6-8-10-13/h6-10,14-17H,11-12,22H2,1-5H3/t14-,15-,16-,17+/m0/s1. The molecule has 1 aliphatic heterocycles. The van der Waals surface area contributed by atoms with E-state index in [1.165, 1.54) is 0 Å². The zero-order valence-electron chi connectivity index (χ0n) is 16.4. The first-order valence-corrected chi connectivity index (χ1v) is 9.31. The molecule has 1 saturated carbocycles. The minimum atomic E-state index is -0.632. The predicted molar refractivity (Wildman–Crippen MR) is 99.9 cm³/mol. The fourth-order valence-corrected chi connectivity index (χ4v) is 4.15. The molecule has 1 aromatic rings. The lowest BCUT2D eigenvalue weighted by Gasteiger charge is -2.35. The Morgan fingerprint density at radius 3 is 2.46 bits per heavy atom. The molecule has 0 aromatic heterocycles. The van der Waals surface area contributed by atoms with Crippen molar-refractivity contribution < 1.29 is 14.3 Å². The molecule has 3 rings (SSSR count). The second-order valence-electron chi connectivity index (χ2n) is 9.33. The maximum absolute atomic E-state index is 13.0. The van der Waals surface area contributed by atoms with Gasteiger partial charge in [-0.1, -0.05) is 65.0 Å². The fraction of sp³-hybridized carbons (Fsp3) is 0.619. The Bertz CT molecular complexity index is 693. The number of nitrogens with two attached hydrogens (primary N) is 1. The molecular weight excluding hydrogens is 328 g/mol. The first-order valence-electron chi connectivity index (χ1n) is 9.31. The lowest BCUT2D eigenvalue weighted by Crippen LogP contribution is -2.55. The van der Waals surface area contributed by atoms with Crippen molar-refractivity contribution in [2.24, 2.45) is 28.4 Å². The maximum Gasteiger partial charge on any atom is 0.329 e. The lowest BCUT2D eigenvalue weighted by atomic mass is 9.86. The molecule has 1 amide bonds. The van der Waals surface area contributed by atoms with Gasteiger partial charge >= 0.3 is 5.97 Å². The molecule has 0 unspecified atom stereocenters. The van der Waals surface area contributed by atoms with E-state index in [1.54, 1.807) is 4.90 Å². The number of carbonyl (C=O) groups excluding carboxylic acids is 2. The number of carbonyl (C=O) groups is 2. The van der Waals surface area contributed by atoms with Crippen molar-refractivity contribution in [1.29, 1.82) is 0 Å². The Kier molecular flexibility index (Phi) is 4.63. The van der Waals surface area contributed by atoms with Crippen LogP contribution in [0, 0.1) is 22.7 Å². The van der Waals surface area contributed by atoms with Crippen molar-refractivity contribution >= 4 is 11.9 Å². The third-order valence-electron chi connectivity index (χ3n) is 6.16. The van der Waals surface area contributed by atoms with Gasteiger partial charge in [-0.3, -0.25) is 4.79 Å². The molecular formula is C21H30N2O3. The summed E-state index contributed by atoms with van der Waals surface area (Å²) in [7, 11) is 0. The van der Waals surface area contributed by atoms with Crippen LogP contribution in [-0.2, 0) is 20.9 Å². The van der Waals surface area contributed by atoms with Crippen molar-refractivity contribution in [3.8, 4) is 0 Å². The quantitative estimate of drug-likeness (QED) is 0.840. The summed E-state index contributed by atoms with van der Waals surface area (Å²) in [6.07, 6.45) is 0. The summed E-state index contributed by atoms with van der Waals surface area (Å²) in [6.45, 7) is 11.0. The highest BCUT2D eigenvalue weighted by molar-refractivity contribution is 5.89. The molecule has 5 heteroatoms. The van der Waals surface area contributed by atoms with Crippen LogP contribution in [0.3, 0.4) is 0 Å². The van der Waals surface area contributed by atoms with Gasteiger partial charge in [0, 0.05) is 12.5 Å². The van der Waals surface area contributed by atoms with Gasteiger partial charge in [-0.15, -0.1) is 0 Å². The summed E-state index contributed by atoms with van der Waals surface area (Å²) >= 11 is 0. The van der Waals surface area contributed by atoms with Crippen LogP contribution in [0.2, 0.25) is 0 Å². The van der Waals surface area contributed by atoms with Gasteiger partial charge in [-0.2, -0.15) is 0 Å². The summed E-state index contributed by atoms with van der Waals surface area (Å²) in [4.78, 5) is 27.5. The van der Waals surface area contributed by atoms with E-state index < -0.39 is 12.1 Å². The van der Waals surface area contributed by atoms with E-state index in [1.807, 2.05) is 51.1 Å². The number of hydrogen-bond acceptors (Lipinski definition) is 4. The molecule has 5 nitrogen and oxygen atoms in total. The maximum atomic E-state index is 13.0. The topological polar surface area (TPSA) is 72.6 Å². The minimum absolute atomic E-state index is 0.0685. The fourth-order valence-electron chi connectivity index (χ4n) is 4.15. The molecule has 1 aromatic carbocycles. The molecule has 26 heavy (non-hydrogen) atoms. The average Bonchev–Trinajstić information content (AvgIpc) is 2.95. The van der Waals surface area contributed by atoms with Crippen LogP contribution in [0.5, 0.6) is 0 Å². The predicted octanol–water partition coefficient (Wildman–Crippen LogP) is 2.59. The number of esters is 1. The Hall–Kier alpha value is -1.88. The number of ether oxygens (including phenoxy) is 1. The molecule has 4 atom stereocenters. The van der Waals surface area contributed by atoms with Gasteiger partial charge in [0.2, 0.25) is 5.91 Å². The summed E-state index contributed by atoms with van der Waals surface area (Å²) < 4.78 is 5.57. The van der Waals surface area contributed by atoms with Crippen LogP contribution >= 0.6 is 0 Å². The van der Waals surface area contributed by atoms with Crippen LogP contribution in [0.4, 0.5) is 0 Å². The number of hydrogen-bond donors (Lipinski definition) is 1.